The number of unbranched alkanes of at least 4 members (excludes halogenated alkanes) is 6. The van der Waals surface area contributed by atoms with Crippen LogP contribution in [0.25, 0.3) is 0 Å². The van der Waals surface area contributed by atoms with Gasteiger partial charge in [-0.05, 0) is 25.7 Å². The first-order valence-electron chi connectivity index (χ1n) is 9.16. The van der Waals surface area contributed by atoms with Crippen LogP contribution in [-0.4, -0.2) is 17.6 Å². The van der Waals surface area contributed by atoms with E-state index >= 15 is 0 Å². The van der Waals surface area contributed by atoms with E-state index < -0.39 is 0 Å². The van der Waals surface area contributed by atoms with E-state index in [4.69, 9.17) is 0 Å². The summed E-state index contributed by atoms with van der Waals surface area (Å²) in [5, 5.41) is 3.13. The van der Waals surface area contributed by atoms with Crippen molar-refractivity contribution in [3.63, 3.8) is 0 Å². The number of rotatable bonds is 11. The van der Waals surface area contributed by atoms with Crippen LogP contribution >= 0.6 is 0 Å². The summed E-state index contributed by atoms with van der Waals surface area (Å²) in [6.07, 6.45) is 14.0. The lowest BCUT2D eigenvalue weighted by molar-refractivity contribution is -0.122. The van der Waals surface area contributed by atoms with Gasteiger partial charge in [-0.25, -0.2) is 10.9 Å². The fraction of sp³-hybridized carbons (Fsp3) is 0.833. The largest absolute Gasteiger partial charge is 0.350 e. The summed E-state index contributed by atoms with van der Waals surface area (Å²) in [6.45, 7) is 6.30. The minimum atomic E-state index is -0.132. The highest BCUT2D eigenvalue weighted by Crippen LogP contribution is 2.26. The molecule has 0 aromatic heterocycles. The molecule has 2 rings (SSSR count). The van der Waals surface area contributed by atoms with Gasteiger partial charge in [0.15, 0.2) is 0 Å². The molecule has 1 aliphatic heterocycles. The summed E-state index contributed by atoms with van der Waals surface area (Å²) in [7, 11) is 0. The van der Waals surface area contributed by atoms with Gasteiger partial charge in [0.2, 0.25) is 5.91 Å². The van der Waals surface area contributed by atoms with E-state index in [-0.39, 0.29) is 17.6 Å². The number of amides is 1. The van der Waals surface area contributed by atoms with Gasteiger partial charge in [-0.1, -0.05) is 64.0 Å². The maximum absolute atomic E-state index is 12.2. The fourth-order valence-electron chi connectivity index (χ4n) is 3.38. The molecule has 1 amide bonds. The van der Waals surface area contributed by atoms with Crippen LogP contribution in [0, 0.1) is 0 Å². The van der Waals surface area contributed by atoms with Crippen LogP contribution in [0.2, 0.25) is 0 Å². The molecular formula is C18H33N3O. The summed E-state index contributed by atoms with van der Waals surface area (Å²) in [5.41, 5.74) is 7.44. The highest BCUT2D eigenvalue weighted by atomic mass is 16.1. The zero-order valence-electron chi connectivity index (χ0n) is 14.2. The van der Waals surface area contributed by atoms with Crippen molar-refractivity contribution >= 4 is 5.91 Å². The maximum atomic E-state index is 12.2. The van der Waals surface area contributed by atoms with Crippen molar-refractivity contribution in [2.45, 2.75) is 95.7 Å². The lowest BCUT2D eigenvalue weighted by Crippen LogP contribution is -2.37. The number of carbonyl (C=O) groups excluding carboxylic acids is 1. The molecule has 2 fully saturated rings. The molecule has 0 spiro atoms. The van der Waals surface area contributed by atoms with Crippen LogP contribution in [0.15, 0.2) is 12.2 Å². The Hall–Kier alpha value is -0.870. The molecule has 4 heteroatoms. The van der Waals surface area contributed by atoms with Crippen LogP contribution in [0.3, 0.4) is 0 Å². The van der Waals surface area contributed by atoms with Crippen molar-refractivity contribution in [1.82, 2.24) is 16.2 Å². The highest BCUT2D eigenvalue weighted by molar-refractivity contribution is 5.78. The molecule has 1 unspecified atom stereocenters. The normalized spacial score (nSPS) is 22.8. The third-order valence-corrected chi connectivity index (χ3v) is 4.97. The molecule has 1 saturated heterocycles. The Kier molecular flexibility index (Phi) is 6.90. The van der Waals surface area contributed by atoms with Crippen molar-refractivity contribution in [2.75, 3.05) is 0 Å². The lowest BCUT2D eigenvalue weighted by Gasteiger charge is -2.16. The summed E-state index contributed by atoms with van der Waals surface area (Å²) in [5.74, 6) is 0.147. The van der Waals surface area contributed by atoms with E-state index in [2.05, 4.69) is 29.7 Å². The first kappa shape index (κ1) is 17.5. The van der Waals surface area contributed by atoms with E-state index in [1.54, 1.807) is 0 Å². The molecule has 0 radical (unpaired) electrons. The number of hydrogen-bond donors (Lipinski definition) is 3. The van der Waals surface area contributed by atoms with Crippen LogP contribution in [0.5, 0.6) is 0 Å². The van der Waals surface area contributed by atoms with Gasteiger partial charge in [0.25, 0.3) is 0 Å². The molecule has 1 atom stereocenters. The number of hydrazine groups is 1. The second kappa shape index (κ2) is 8.68. The Morgan fingerprint density at radius 3 is 2.50 bits per heavy atom. The minimum Gasteiger partial charge on any atom is -0.350 e. The smallest absolute Gasteiger partial charge is 0.223 e. The van der Waals surface area contributed by atoms with Gasteiger partial charge in [-0.15, -0.1) is 0 Å². The van der Waals surface area contributed by atoms with E-state index in [9.17, 15) is 4.79 Å². The SMILES string of the molecule is C=C1CCCC1NC(=O)CC1(CCCCCCCCC)NN1. The summed E-state index contributed by atoms with van der Waals surface area (Å²) in [6, 6.07) is 0.210. The van der Waals surface area contributed by atoms with Crippen molar-refractivity contribution < 1.29 is 4.79 Å². The molecule has 4 nitrogen and oxygen atoms in total. The second-order valence-electron chi connectivity index (χ2n) is 7.05. The molecule has 0 aromatic carbocycles. The first-order valence-corrected chi connectivity index (χ1v) is 9.16. The second-order valence-corrected chi connectivity index (χ2v) is 7.05. The van der Waals surface area contributed by atoms with Crippen molar-refractivity contribution in [3.05, 3.63) is 12.2 Å². The standard InChI is InChI=1S/C18H33N3O/c1-3-4-5-6-7-8-9-13-18(20-21-18)14-17(22)19-16-12-10-11-15(16)2/h16,20-21H,2-14H2,1H3,(H,19,22). The maximum Gasteiger partial charge on any atom is 0.223 e. The number of carbonyl (C=O) groups is 1. The quantitative estimate of drug-likeness (QED) is 0.310. The topological polar surface area (TPSA) is 73.0 Å². The molecule has 0 aromatic rings. The van der Waals surface area contributed by atoms with Crippen LogP contribution in [0.4, 0.5) is 0 Å². The van der Waals surface area contributed by atoms with E-state index in [0.29, 0.717) is 6.42 Å². The first-order chi connectivity index (χ1) is 10.7. The summed E-state index contributed by atoms with van der Waals surface area (Å²) in [4.78, 5) is 12.2. The highest BCUT2D eigenvalue weighted by Gasteiger charge is 2.43. The molecule has 2 aliphatic rings. The Labute approximate surface area is 135 Å². The van der Waals surface area contributed by atoms with Crippen LogP contribution < -0.4 is 16.2 Å². The van der Waals surface area contributed by atoms with Gasteiger partial charge >= 0.3 is 0 Å². The molecule has 1 saturated carbocycles. The monoisotopic (exact) mass is 307 g/mol. The predicted octanol–water partition coefficient (Wildman–Crippen LogP) is 3.55. The summed E-state index contributed by atoms with van der Waals surface area (Å²) < 4.78 is 0. The van der Waals surface area contributed by atoms with Crippen LogP contribution in [-0.2, 0) is 4.79 Å². The van der Waals surface area contributed by atoms with Gasteiger partial charge < -0.3 is 5.32 Å². The van der Waals surface area contributed by atoms with Crippen molar-refractivity contribution in [1.29, 1.82) is 0 Å². The van der Waals surface area contributed by atoms with Gasteiger partial charge in [0.1, 0.15) is 5.66 Å². The fourth-order valence-corrected chi connectivity index (χ4v) is 3.38. The Morgan fingerprint density at radius 1 is 1.23 bits per heavy atom. The van der Waals surface area contributed by atoms with Crippen molar-refractivity contribution in [2.24, 2.45) is 0 Å². The molecule has 22 heavy (non-hydrogen) atoms. The average molecular weight is 307 g/mol. The number of hydrogen-bond acceptors (Lipinski definition) is 3. The molecule has 1 heterocycles. The Balaban J connectivity index is 1.56. The Morgan fingerprint density at radius 2 is 1.91 bits per heavy atom. The van der Waals surface area contributed by atoms with E-state index in [1.807, 2.05) is 0 Å². The minimum absolute atomic E-state index is 0.132. The third-order valence-electron chi connectivity index (χ3n) is 4.97. The van der Waals surface area contributed by atoms with E-state index in [0.717, 1.165) is 25.7 Å². The molecule has 3 N–H and O–H groups in total. The number of nitrogens with one attached hydrogen (secondary N) is 3. The predicted molar refractivity (Wildman–Crippen MR) is 91.2 cm³/mol. The van der Waals surface area contributed by atoms with Gasteiger partial charge in [0.05, 0.1) is 6.42 Å². The zero-order valence-corrected chi connectivity index (χ0v) is 14.2. The molecular weight excluding hydrogens is 274 g/mol. The lowest BCUT2D eigenvalue weighted by atomic mass is 10.0. The van der Waals surface area contributed by atoms with Gasteiger partial charge in [-0.3, -0.25) is 4.79 Å². The third kappa shape index (κ3) is 5.73. The van der Waals surface area contributed by atoms with Gasteiger partial charge in [0, 0.05) is 6.04 Å². The molecule has 1 aliphatic carbocycles. The molecule has 0 bridgehead atoms. The molecule has 126 valence electrons. The van der Waals surface area contributed by atoms with E-state index in [1.165, 1.54) is 50.5 Å². The van der Waals surface area contributed by atoms with Crippen molar-refractivity contribution in [3.8, 4) is 0 Å². The zero-order chi connectivity index (χ0) is 15.8. The Bertz CT molecular complexity index is 377. The van der Waals surface area contributed by atoms with Gasteiger partial charge in [-0.2, -0.15) is 0 Å². The summed E-state index contributed by atoms with van der Waals surface area (Å²) >= 11 is 0. The van der Waals surface area contributed by atoms with Crippen LogP contribution in [0.1, 0.15) is 84.0 Å². The average Bonchev–Trinajstić information content (AvgIpc) is 3.13.